The molecular formula is C13H10N2O5S. The Hall–Kier alpha value is -2.61. The number of ether oxygens (including phenoxy) is 1. The summed E-state index contributed by atoms with van der Waals surface area (Å²) in [5, 5.41) is 11.1. The Kier molecular flexibility index (Phi) is 4.72. The maximum atomic E-state index is 11.4. The molecule has 0 radical (unpaired) electrons. The number of carbonyl (C=O) groups excluding carboxylic acids is 1. The third kappa shape index (κ3) is 3.69. The number of aromatic nitrogens is 1. The quantitative estimate of drug-likeness (QED) is 0.363. The lowest BCUT2D eigenvalue weighted by molar-refractivity contribution is -0.388. The van der Waals surface area contributed by atoms with E-state index in [1.807, 2.05) is 6.07 Å². The second kappa shape index (κ2) is 6.71. The first-order chi connectivity index (χ1) is 10.1. The number of esters is 1. The maximum Gasteiger partial charge on any atom is 0.339 e. The standard InChI is InChI=1S/C13H10N2O5S/c1-19-13(16)9-7-11(15(17)18)12(14-8-9)21-20-10-5-3-2-4-6-10/h2-8H,1H3. The van der Waals surface area contributed by atoms with Crippen LogP contribution in [0.3, 0.4) is 0 Å². The summed E-state index contributed by atoms with van der Waals surface area (Å²) in [4.78, 5) is 25.6. The molecule has 0 saturated heterocycles. The van der Waals surface area contributed by atoms with E-state index in [9.17, 15) is 14.9 Å². The maximum absolute atomic E-state index is 11.4. The molecule has 0 N–H and O–H groups in total. The van der Waals surface area contributed by atoms with Gasteiger partial charge in [-0.2, -0.15) is 0 Å². The molecule has 1 aromatic carbocycles. The molecule has 0 spiro atoms. The predicted octanol–water partition coefficient (Wildman–Crippen LogP) is 2.86. The smallest absolute Gasteiger partial charge is 0.339 e. The Balaban J connectivity index is 2.22. The van der Waals surface area contributed by atoms with Crippen LogP contribution in [0.15, 0.2) is 47.6 Å². The fourth-order valence-electron chi connectivity index (χ4n) is 1.43. The van der Waals surface area contributed by atoms with Crippen LogP contribution in [0.2, 0.25) is 0 Å². The number of nitro groups is 1. The molecule has 0 bridgehead atoms. The Bertz CT molecular complexity index is 663. The van der Waals surface area contributed by atoms with E-state index in [2.05, 4.69) is 9.72 Å². The highest BCUT2D eigenvalue weighted by Gasteiger charge is 2.21. The minimum atomic E-state index is -0.689. The molecule has 0 amide bonds. The van der Waals surface area contributed by atoms with E-state index < -0.39 is 10.9 Å². The van der Waals surface area contributed by atoms with E-state index in [-0.39, 0.29) is 16.3 Å². The molecule has 108 valence electrons. The summed E-state index contributed by atoms with van der Waals surface area (Å²) in [5.41, 5.74) is -0.313. The average Bonchev–Trinajstić information content (AvgIpc) is 2.52. The normalized spacial score (nSPS) is 9.95. The summed E-state index contributed by atoms with van der Waals surface area (Å²) in [6.45, 7) is 0. The van der Waals surface area contributed by atoms with Gasteiger partial charge in [-0.25, -0.2) is 9.78 Å². The summed E-state index contributed by atoms with van der Waals surface area (Å²) >= 11 is 0.752. The topological polar surface area (TPSA) is 91.6 Å². The number of hydrogen-bond donors (Lipinski definition) is 0. The number of benzene rings is 1. The molecule has 1 aromatic heterocycles. The first-order valence-electron chi connectivity index (χ1n) is 5.74. The lowest BCUT2D eigenvalue weighted by Gasteiger charge is -2.05. The van der Waals surface area contributed by atoms with Crippen molar-refractivity contribution >= 4 is 23.7 Å². The van der Waals surface area contributed by atoms with Gasteiger partial charge in [0.25, 0.3) is 0 Å². The first kappa shape index (κ1) is 14.8. The molecule has 0 aliphatic heterocycles. The highest BCUT2D eigenvalue weighted by atomic mass is 32.2. The summed E-state index contributed by atoms with van der Waals surface area (Å²) < 4.78 is 9.84. The van der Waals surface area contributed by atoms with Gasteiger partial charge in [-0.05, 0) is 12.1 Å². The zero-order valence-corrected chi connectivity index (χ0v) is 11.7. The van der Waals surface area contributed by atoms with Gasteiger partial charge in [0.15, 0.2) is 0 Å². The third-order valence-corrected chi connectivity index (χ3v) is 3.16. The van der Waals surface area contributed by atoms with Crippen molar-refractivity contribution in [1.82, 2.24) is 4.98 Å². The minimum Gasteiger partial charge on any atom is -0.465 e. The Morgan fingerprint density at radius 2 is 2.05 bits per heavy atom. The Labute approximate surface area is 124 Å². The molecule has 2 rings (SSSR count). The monoisotopic (exact) mass is 306 g/mol. The molecular weight excluding hydrogens is 296 g/mol. The lowest BCUT2D eigenvalue weighted by atomic mass is 10.3. The van der Waals surface area contributed by atoms with E-state index in [4.69, 9.17) is 4.18 Å². The van der Waals surface area contributed by atoms with Crippen LogP contribution >= 0.6 is 12.0 Å². The minimum absolute atomic E-state index is 0.00765. The highest BCUT2D eigenvalue weighted by molar-refractivity contribution is 7.95. The summed E-state index contributed by atoms with van der Waals surface area (Å²) in [7, 11) is 1.19. The van der Waals surface area contributed by atoms with Gasteiger partial charge < -0.3 is 8.92 Å². The zero-order valence-electron chi connectivity index (χ0n) is 10.9. The predicted molar refractivity (Wildman–Crippen MR) is 75.2 cm³/mol. The number of pyridine rings is 1. The van der Waals surface area contributed by atoms with E-state index in [0.717, 1.165) is 18.1 Å². The summed E-state index contributed by atoms with van der Waals surface area (Å²) in [6.07, 6.45) is 1.20. The Morgan fingerprint density at radius 3 is 2.67 bits per heavy atom. The molecule has 0 unspecified atom stereocenters. The highest BCUT2D eigenvalue weighted by Crippen LogP contribution is 2.29. The molecule has 0 fully saturated rings. The van der Waals surface area contributed by atoms with Crippen LogP contribution in [-0.4, -0.2) is 23.0 Å². The van der Waals surface area contributed by atoms with E-state index in [1.165, 1.54) is 13.3 Å². The van der Waals surface area contributed by atoms with Crippen LogP contribution in [0.4, 0.5) is 5.69 Å². The van der Waals surface area contributed by atoms with Crippen molar-refractivity contribution in [3.63, 3.8) is 0 Å². The lowest BCUT2D eigenvalue weighted by Crippen LogP contribution is -2.04. The molecule has 2 aromatic rings. The molecule has 0 saturated carbocycles. The number of carbonyl (C=O) groups is 1. The number of nitrogens with zero attached hydrogens (tertiary/aromatic N) is 2. The van der Waals surface area contributed by atoms with E-state index >= 15 is 0 Å². The van der Waals surface area contributed by atoms with Crippen molar-refractivity contribution in [2.45, 2.75) is 5.03 Å². The molecule has 0 aliphatic carbocycles. The first-order valence-corrected chi connectivity index (χ1v) is 6.48. The Morgan fingerprint density at radius 1 is 1.33 bits per heavy atom. The van der Waals surface area contributed by atoms with Crippen LogP contribution in [0.1, 0.15) is 10.4 Å². The number of methoxy groups -OCH3 is 1. The van der Waals surface area contributed by atoms with Gasteiger partial charge in [0.1, 0.15) is 17.8 Å². The van der Waals surface area contributed by atoms with Crippen LogP contribution in [-0.2, 0) is 4.74 Å². The number of hydrogen-bond acceptors (Lipinski definition) is 7. The van der Waals surface area contributed by atoms with Crippen molar-refractivity contribution in [2.75, 3.05) is 7.11 Å². The average molecular weight is 306 g/mol. The number of para-hydroxylation sites is 1. The van der Waals surface area contributed by atoms with Gasteiger partial charge in [0, 0.05) is 12.3 Å². The second-order valence-corrected chi connectivity index (χ2v) is 4.50. The van der Waals surface area contributed by atoms with Gasteiger partial charge in [0.05, 0.1) is 17.6 Å². The third-order valence-electron chi connectivity index (χ3n) is 2.41. The SMILES string of the molecule is COC(=O)c1cnc(SOc2ccccc2)c([N+](=O)[O-])c1. The molecule has 0 aliphatic rings. The molecule has 8 heteroatoms. The van der Waals surface area contributed by atoms with Gasteiger partial charge in [-0.15, -0.1) is 0 Å². The summed E-state index contributed by atoms with van der Waals surface area (Å²) in [6, 6.07) is 9.90. The fourth-order valence-corrected chi connectivity index (χ4v) is 2.03. The van der Waals surface area contributed by atoms with Crippen molar-refractivity contribution in [3.05, 3.63) is 58.3 Å². The van der Waals surface area contributed by atoms with Gasteiger partial charge in [-0.3, -0.25) is 10.1 Å². The molecule has 0 atom stereocenters. The molecule has 7 nitrogen and oxygen atoms in total. The van der Waals surface area contributed by atoms with Gasteiger partial charge >= 0.3 is 11.7 Å². The van der Waals surface area contributed by atoms with Crippen LogP contribution in [0.25, 0.3) is 0 Å². The number of rotatable bonds is 5. The van der Waals surface area contributed by atoms with Crippen LogP contribution in [0, 0.1) is 10.1 Å². The second-order valence-electron chi connectivity index (χ2n) is 3.78. The van der Waals surface area contributed by atoms with E-state index in [0.29, 0.717) is 5.75 Å². The molecule has 1 heterocycles. The van der Waals surface area contributed by atoms with Crippen molar-refractivity contribution in [2.24, 2.45) is 0 Å². The summed E-state index contributed by atoms with van der Waals surface area (Å²) in [5.74, 6) is -0.151. The largest absolute Gasteiger partial charge is 0.465 e. The van der Waals surface area contributed by atoms with Crippen molar-refractivity contribution in [3.8, 4) is 5.75 Å². The fraction of sp³-hybridized carbons (Fsp3) is 0.0769. The van der Waals surface area contributed by atoms with Gasteiger partial charge in [-0.1, -0.05) is 18.2 Å². The zero-order chi connectivity index (χ0) is 15.2. The van der Waals surface area contributed by atoms with E-state index in [1.54, 1.807) is 24.3 Å². The van der Waals surface area contributed by atoms with Crippen molar-refractivity contribution < 1.29 is 18.6 Å². The molecule has 21 heavy (non-hydrogen) atoms. The van der Waals surface area contributed by atoms with Crippen molar-refractivity contribution in [1.29, 1.82) is 0 Å². The van der Waals surface area contributed by atoms with Gasteiger partial charge in [0.2, 0.25) is 5.03 Å². The van der Waals surface area contributed by atoms with Crippen LogP contribution < -0.4 is 4.18 Å². The van der Waals surface area contributed by atoms with Crippen LogP contribution in [0.5, 0.6) is 5.75 Å².